The number of rotatable bonds is 6. The lowest BCUT2D eigenvalue weighted by atomic mass is 10.1. The molecular formula is C21H17Cl3N2O2. The molecule has 0 saturated carbocycles. The van der Waals surface area contributed by atoms with Crippen molar-refractivity contribution in [1.82, 2.24) is 0 Å². The van der Waals surface area contributed by atoms with Crippen LogP contribution in [0.5, 0.6) is 5.75 Å². The molecule has 144 valence electrons. The first-order valence-electron chi connectivity index (χ1n) is 8.40. The second-order valence-corrected chi connectivity index (χ2v) is 7.17. The predicted octanol–water partition coefficient (Wildman–Crippen LogP) is 6.58. The van der Waals surface area contributed by atoms with Gasteiger partial charge in [-0.1, -0.05) is 59.1 Å². The van der Waals surface area contributed by atoms with E-state index in [2.05, 4.69) is 10.6 Å². The van der Waals surface area contributed by atoms with E-state index in [-0.39, 0.29) is 12.3 Å². The van der Waals surface area contributed by atoms with Crippen LogP contribution in [0.1, 0.15) is 5.56 Å². The molecule has 4 nitrogen and oxygen atoms in total. The number of para-hydroxylation sites is 2. The fraction of sp³-hybridized carbons (Fsp3) is 0.0952. The van der Waals surface area contributed by atoms with Crippen molar-refractivity contribution in [3.63, 3.8) is 0 Å². The molecule has 0 aromatic heterocycles. The predicted molar refractivity (Wildman–Crippen MR) is 117 cm³/mol. The van der Waals surface area contributed by atoms with E-state index in [0.29, 0.717) is 32.2 Å². The highest BCUT2D eigenvalue weighted by Gasteiger charge is 2.12. The van der Waals surface area contributed by atoms with Crippen LogP contribution in [0.3, 0.4) is 0 Å². The molecule has 0 aliphatic carbocycles. The summed E-state index contributed by atoms with van der Waals surface area (Å²) in [7, 11) is 1.54. The van der Waals surface area contributed by atoms with Gasteiger partial charge in [-0.25, -0.2) is 0 Å². The Morgan fingerprint density at radius 3 is 2.32 bits per heavy atom. The van der Waals surface area contributed by atoms with Crippen LogP contribution in [-0.4, -0.2) is 13.0 Å². The summed E-state index contributed by atoms with van der Waals surface area (Å²) in [5.41, 5.74) is 2.74. The first-order chi connectivity index (χ1) is 13.5. The van der Waals surface area contributed by atoms with E-state index in [1.165, 1.54) is 7.11 Å². The van der Waals surface area contributed by atoms with Crippen LogP contribution in [0.15, 0.2) is 60.7 Å². The Kier molecular flexibility index (Phi) is 6.68. The van der Waals surface area contributed by atoms with Gasteiger partial charge in [0.1, 0.15) is 5.75 Å². The van der Waals surface area contributed by atoms with E-state index in [9.17, 15) is 4.79 Å². The summed E-state index contributed by atoms with van der Waals surface area (Å²) < 4.78 is 5.12. The lowest BCUT2D eigenvalue weighted by molar-refractivity contribution is -0.115. The molecule has 0 spiro atoms. The van der Waals surface area contributed by atoms with Crippen molar-refractivity contribution >= 4 is 57.8 Å². The smallest absolute Gasteiger partial charge is 0.228 e. The van der Waals surface area contributed by atoms with Gasteiger partial charge < -0.3 is 15.4 Å². The maximum Gasteiger partial charge on any atom is 0.228 e. The highest BCUT2D eigenvalue weighted by Crippen LogP contribution is 2.34. The maximum atomic E-state index is 12.5. The standard InChI is InChI=1S/C21H17Cl3N2O2/c1-28-19-10-9-14(12-17(19)24)25-20(27)11-13-5-2-3-8-18(13)26-21-15(22)6-4-7-16(21)23/h2-10,12,26H,11H2,1H3,(H,25,27). The van der Waals surface area contributed by atoms with Crippen LogP contribution in [0.4, 0.5) is 17.1 Å². The summed E-state index contributed by atoms with van der Waals surface area (Å²) in [4.78, 5) is 12.5. The Hall–Kier alpha value is -2.40. The van der Waals surface area contributed by atoms with Crippen molar-refractivity contribution < 1.29 is 9.53 Å². The number of ether oxygens (including phenoxy) is 1. The maximum absolute atomic E-state index is 12.5. The number of carbonyl (C=O) groups is 1. The first kappa shape index (κ1) is 20.3. The Balaban J connectivity index is 1.76. The van der Waals surface area contributed by atoms with E-state index >= 15 is 0 Å². The summed E-state index contributed by atoms with van der Waals surface area (Å²) in [6, 6.07) is 17.8. The zero-order chi connectivity index (χ0) is 20.1. The monoisotopic (exact) mass is 434 g/mol. The molecule has 1 amide bonds. The molecule has 0 aliphatic rings. The SMILES string of the molecule is COc1ccc(NC(=O)Cc2ccccc2Nc2c(Cl)cccc2Cl)cc1Cl. The number of benzene rings is 3. The summed E-state index contributed by atoms with van der Waals surface area (Å²) >= 11 is 18.6. The third kappa shape index (κ3) is 4.90. The van der Waals surface area contributed by atoms with Crippen LogP contribution in [-0.2, 0) is 11.2 Å². The van der Waals surface area contributed by atoms with Gasteiger partial charge in [-0.05, 0) is 42.0 Å². The van der Waals surface area contributed by atoms with E-state index in [0.717, 1.165) is 11.3 Å². The number of amides is 1. The Labute approximate surface area is 178 Å². The Morgan fingerprint density at radius 1 is 0.929 bits per heavy atom. The summed E-state index contributed by atoms with van der Waals surface area (Å²) in [6.45, 7) is 0. The van der Waals surface area contributed by atoms with Crippen molar-refractivity contribution in [2.45, 2.75) is 6.42 Å². The van der Waals surface area contributed by atoms with Gasteiger partial charge in [0, 0.05) is 11.4 Å². The third-order valence-electron chi connectivity index (χ3n) is 4.03. The Bertz CT molecular complexity index is 988. The quantitative estimate of drug-likeness (QED) is 0.460. The summed E-state index contributed by atoms with van der Waals surface area (Å²) in [5.74, 6) is 0.367. The fourth-order valence-electron chi connectivity index (χ4n) is 2.67. The summed E-state index contributed by atoms with van der Waals surface area (Å²) in [6.07, 6.45) is 0.162. The number of anilines is 3. The topological polar surface area (TPSA) is 50.4 Å². The average molecular weight is 436 g/mol. The van der Waals surface area contributed by atoms with Crippen LogP contribution in [0.25, 0.3) is 0 Å². The van der Waals surface area contributed by atoms with E-state index in [4.69, 9.17) is 39.5 Å². The lowest BCUT2D eigenvalue weighted by Crippen LogP contribution is -2.15. The second-order valence-electron chi connectivity index (χ2n) is 5.95. The number of methoxy groups -OCH3 is 1. The molecule has 0 aliphatic heterocycles. The van der Waals surface area contributed by atoms with Crippen LogP contribution >= 0.6 is 34.8 Å². The second kappa shape index (κ2) is 9.20. The fourth-order valence-corrected chi connectivity index (χ4v) is 3.42. The molecule has 3 aromatic carbocycles. The number of halogens is 3. The molecule has 0 bridgehead atoms. The highest BCUT2D eigenvalue weighted by atomic mass is 35.5. The molecule has 0 atom stereocenters. The molecule has 3 rings (SSSR count). The normalized spacial score (nSPS) is 10.4. The van der Waals surface area contributed by atoms with Gasteiger partial charge in [-0.2, -0.15) is 0 Å². The number of hydrogen-bond donors (Lipinski definition) is 2. The highest BCUT2D eigenvalue weighted by molar-refractivity contribution is 6.39. The lowest BCUT2D eigenvalue weighted by Gasteiger charge is -2.14. The van der Waals surface area contributed by atoms with E-state index in [1.807, 2.05) is 24.3 Å². The minimum Gasteiger partial charge on any atom is -0.495 e. The number of carbonyl (C=O) groups excluding carboxylic acids is 1. The minimum atomic E-state index is -0.180. The molecule has 2 N–H and O–H groups in total. The van der Waals surface area contributed by atoms with Gasteiger partial charge in [0.2, 0.25) is 5.91 Å². The molecule has 0 fully saturated rings. The van der Waals surface area contributed by atoms with Crippen LogP contribution < -0.4 is 15.4 Å². The molecule has 0 unspecified atom stereocenters. The molecule has 7 heteroatoms. The van der Waals surface area contributed by atoms with E-state index in [1.54, 1.807) is 36.4 Å². The molecule has 0 radical (unpaired) electrons. The zero-order valence-electron chi connectivity index (χ0n) is 14.9. The van der Waals surface area contributed by atoms with Crippen molar-refractivity contribution in [1.29, 1.82) is 0 Å². The molecule has 0 saturated heterocycles. The zero-order valence-corrected chi connectivity index (χ0v) is 17.2. The van der Waals surface area contributed by atoms with Gasteiger partial charge in [-0.3, -0.25) is 4.79 Å². The Morgan fingerprint density at radius 2 is 1.64 bits per heavy atom. The molecule has 28 heavy (non-hydrogen) atoms. The molecule has 0 heterocycles. The average Bonchev–Trinajstić information content (AvgIpc) is 2.66. The van der Waals surface area contributed by atoms with Crippen molar-refractivity contribution in [3.05, 3.63) is 81.3 Å². The largest absolute Gasteiger partial charge is 0.495 e. The first-order valence-corrected chi connectivity index (χ1v) is 9.53. The third-order valence-corrected chi connectivity index (χ3v) is 4.95. The number of hydrogen-bond acceptors (Lipinski definition) is 3. The molecular weight excluding hydrogens is 419 g/mol. The molecule has 3 aromatic rings. The van der Waals surface area contributed by atoms with Crippen LogP contribution in [0, 0.1) is 0 Å². The van der Waals surface area contributed by atoms with Crippen LogP contribution in [0.2, 0.25) is 15.1 Å². The summed E-state index contributed by atoms with van der Waals surface area (Å²) in [5, 5.41) is 7.48. The van der Waals surface area contributed by atoms with Gasteiger partial charge in [-0.15, -0.1) is 0 Å². The van der Waals surface area contributed by atoms with Crippen molar-refractivity contribution in [2.75, 3.05) is 17.7 Å². The van der Waals surface area contributed by atoms with Gasteiger partial charge >= 0.3 is 0 Å². The van der Waals surface area contributed by atoms with E-state index < -0.39 is 0 Å². The van der Waals surface area contributed by atoms with Crippen molar-refractivity contribution in [3.8, 4) is 5.75 Å². The van der Waals surface area contributed by atoms with Gasteiger partial charge in [0.15, 0.2) is 0 Å². The van der Waals surface area contributed by atoms with Crippen molar-refractivity contribution in [2.24, 2.45) is 0 Å². The van der Waals surface area contributed by atoms with Gasteiger partial charge in [0.05, 0.1) is 34.3 Å². The van der Waals surface area contributed by atoms with Gasteiger partial charge in [0.25, 0.3) is 0 Å². The minimum absolute atomic E-state index is 0.162. The number of nitrogens with one attached hydrogen (secondary N) is 2.